The van der Waals surface area contributed by atoms with Crippen LogP contribution in [0.25, 0.3) is 0 Å². The van der Waals surface area contributed by atoms with Gasteiger partial charge in [0.25, 0.3) is 0 Å². The molecule has 0 bridgehead atoms. The molecule has 0 aliphatic heterocycles. The van der Waals surface area contributed by atoms with Crippen molar-refractivity contribution in [1.82, 2.24) is 0 Å². The fourth-order valence-corrected chi connectivity index (χ4v) is 1.05. The van der Waals surface area contributed by atoms with Gasteiger partial charge in [-0.2, -0.15) is 5.26 Å². The summed E-state index contributed by atoms with van der Waals surface area (Å²) in [4.78, 5) is 11.3. The molecule has 1 amide bonds. The zero-order valence-corrected chi connectivity index (χ0v) is 9.49. The van der Waals surface area contributed by atoms with Crippen LogP contribution in [-0.4, -0.2) is 18.1 Å². The Morgan fingerprint density at radius 2 is 2.19 bits per heavy atom. The molecule has 1 rings (SSSR count). The second-order valence-corrected chi connectivity index (χ2v) is 3.49. The summed E-state index contributed by atoms with van der Waals surface area (Å²) >= 11 is 5.50. The van der Waals surface area contributed by atoms with E-state index >= 15 is 0 Å². The van der Waals surface area contributed by atoms with Crippen LogP contribution in [-0.2, 0) is 4.74 Å². The standard InChI is InChI=1S/C11H11ClN2O2/c1-8(6-12)16-11(15)14-10-4-2-9(7-13)3-5-10/h2-5,8H,6H2,1H3,(H,14,15). The van der Waals surface area contributed by atoms with E-state index < -0.39 is 6.09 Å². The van der Waals surface area contributed by atoms with Crippen molar-refractivity contribution in [2.75, 3.05) is 11.2 Å². The number of nitrogens with zero attached hydrogens (tertiary/aromatic N) is 1. The predicted molar refractivity (Wildman–Crippen MR) is 61.4 cm³/mol. The van der Waals surface area contributed by atoms with Gasteiger partial charge in [-0.15, -0.1) is 11.6 Å². The van der Waals surface area contributed by atoms with Crippen LogP contribution in [0.3, 0.4) is 0 Å². The first kappa shape index (κ1) is 12.3. The molecule has 0 heterocycles. The van der Waals surface area contributed by atoms with Gasteiger partial charge in [0.05, 0.1) is 17.5 Å². The Kier molecular flexibility index (Phi) is 4.62. The summed E-state index contributed by atoms with van der Waals surface area (Å²) < 4.78 is 4.91. The molecule has 16 heavy (non-hydrogen) atoms. The van der Waals surface area contributed by atoms with Crippen molar-refractivity contribution in [3.63, 3.8) is 0 Å². The van der Waals surface area contributed by atoms with Crippen molar-refractivity contribution in [1.29, 1.82) is 5.26 Å². The number of rotatable bonds is 3. The van der Waals surface area contributed by atoms with E-state index in [1.54, 1.807) is 31.2 Å². The second-order valence-electron chi connectivity index (χ2n) is 3.18. The molecule has 0 aliphatic rings. The number of anilines is 1. The van der Waals surface area contributed by atoms with Gasteiger partial charge in [0.2, 0.25) is 0 Å². The number of amides is 1. The van der Waals surface area contributed by atoms with Crippen LogP contribution in [0.15, 0.2) is 24.3 Å². The van der Waals surface area contributed by atoms with E-state index in [4.69, 9.17) is 21.6 Å². The van der Waals surface area contributed by atoms with E-state index in [1.807, 2.05) is 6.07 Å². The molecule has 0 saturated carbocycles. The number of carbonyl (C=O) groups excluding carboxylic acids is 1. The maximum atomic E-state index is 11.3. The van der Waals surface area contributed by atoms with Crippen LogP contribution in [0, 0.1) is 11.3 Å². The minimum absolute atomic E-state index is 0.251. The minimum atomic E-state index is -0.558. The number of hydrogen-bond acceptors (Lipinski definition) is 3. The van der Waals surface area contributed by atoms with Crippen molar-refractivity contribution >= 4 is 23.4 Å². The number of halogens is 1. The van der Waals surface area contributed by atoms with E-state index in [-0.39, 0.29) is 12.0 Å². The van der Waals surface area contributed by atoms with Gasteiger partial charge in [0.15, 0.2) is 0 Å². The maximum absolute atomic E-state index is 11.3. The molecular formula is C11H11ClN2O2. The van der Waals surface area contributed by atoms with Crippen molar-refractivity contribution in [2.24, 2.45) is 0 Å². The van der Waals surface area contributed by atoms with E-state index in [0.29, 0.717) is 11.3 Å². The average molecular weight is 239 g/mol. The molecule has 0 aliphatic carbocycles. The highest BCUT2D eigenvalue weighted by Crippen LogP contribution is 2.09. The number of alkyl halides is 1. The largest absolute Gasteiger partial charge is 0.445 e. The summed E-state index contributed by atoms with van der Waals surface area (Å²) in [6.45, 7) is 1.70. The molecule has 1 aromatic rings. The molecule has 0 aromatic heterocycles. The topological polar surface area (TPSA) is 62.1 Å². The number of hydrogen-bond donors (Lipinski definition) is 1. The molecule has 0 saturated heterocycles. The van der Waals surface area contributed by atoms with Gasteiger partial charge in [-0.05, 0) is 31.2 Å². The summed E-state index contributed by atoms with van der Waals surface area (Å²) in [6.07, 6.45) is -0.891. The lowest BCUT2D eigenvalue weighted by Gasteiger charge is -2.10. The number of nitriles is 1. The van der Waals surface area contributed by atoms with Crippen molar-refractivity contribution in [3.8, 4) is 6.07 Å². The van der Waals surface area contributed by atoms with Gasteiger partial charge >= 0.3 is 6.09 Å². The van der Waals surface area contributed by atoms with Crippen LogP contribution in [0.4, 0.5) is 10.5 Å². The lowest BCUT2D eigenvalue weighted by molar-refractivity contribution is 0.131. The molecule has 1 N–H and O–H groups in total. The first-order valence-corrected chi connectivity index (χ1v) is 5.23. The van der Waals surface area contributed by atoms with E-state index in [2.05, 4.69) is 5.32 Å². The summed E-state index contributed by atoms with van der Waals surface area (Å²) in [5, 5.41) is 11.1. The monoisotopic (exact) mass is 238 g/mol. The van der Waals surface area contributed by atoms with Crippen LogP contribution in [0.2, 0.25) is 0 Å². The molecule has 0 spiro atoms. The second kappa shape index (κ2) is 5.99. The highest BCUT2D eigenvalue weighted by molar-refractivity contribution is 6.18. The fourth-order valence-electron chi connectivity index (χ4n) is 0.990. The SMILES string of the molecule is CC(CCl)OC(=O)Nc1ccc(C#N)cc1. The van der Waals surface area contributed by atoms with E-state index in [1.165, 1.54) is 0 Å². The Labute approximate surface area is 98.8 Å². The van der Waals surface area contributed by atoms with Crippen LogP contribution >= 0.6 is 11.6 Å². The summed E-state index contributed by atoms with van der Waals surface area (Å²) in [6, 6.07) is 8.47. The normalized spacial score (nSPS) is 11.3. The highest BCUT2D eigenvalue weighted by Gasteiger charge is 2.07. The Balaban J connectivity index is 2.53. The van der Waals surface area contributed by atoms with Crippen LogP contribution in [0.5, 0.6) is 0 Å². The summed E-state index contributed by atoms with van der Waals surface area (Å²) in [7, 11) is 0. The quantitative estimate of drug-likeness (QED) is 0.824. The number of carbonyl (C=O) groups is 1. The first-order valence-electron chi connectivity index (χ1n) is 4.69. The molecule has 0 radical (unpaired) electrons. The Bertz CT molecular complexity index is 397. The van der Waals surface area contributed by atoms with Gasteiger partial charge < -0.3 is 4.74 Å². The molecule has 5 heteroatoms. The van der Waals surface area contributed by atoms with Gasteiger partial charge in [0, 0.05) is 5.69 Å². The predicted octanol–water partition coefficient (Wildman–Crippen LogP) is 2.73. The van der Waals surface area contributed by atoms with Crippen LogP contribution < -0.4 is 5.32 Å². The molecule has 1 atom stereocenters. The van der Waals surface area contributed by atoms with Gasteiger partial charge in [0.1, 0.15) is 6.10 Å². The summed E-state index contributed by atoms with van der Waals surface area (Å²) in [5.41, 5.74) is 1.11. The van der Waals surface area contributed by atoms with E-state index in [0.717, 1.165) is 0 Å². The molecule has 4 nitrogen and oxygen atoms in total. The summed E-state index contributed by atoms with van der Waals surface area (Å²) in [5.74, 6) is 0.251. The number of nitrogens with one attached hydrogen (secondary N) is 1. The van der Waals surface area contributed by atoms with Crippen molar-refractivity contribution in [3.05, 3.63) is 29.8 Å². The smallest absolute Gasteiger partial charge is 0.411 e. The third-order valence-electron chi connectivity index (χ3n) is 1.79. The molecule has 1 aromatic carbocycles. The Hall–Kier alpha value is -1.73. The van der Waals surface area contributed by atoms with E-state index in [9.17, 15) is 4.79 Å². The zero-order chi connectivity index (χ0) is 12.0. The average Bonchev–Trinajstić information content (AvgIpc) is 2.29. The van der Waals surface area contributed by atoms with Crippen molar-refractivity contribution in [2.45, 2.75) is 13.0 Å². The highest BCUT2D eigenvalue weighted by atomic mass is 35.5. The van der Waals surface area contributed by atoms with Gasteiger partial charge in [-0.25, -0.2) is 4.79 Å². The number of benzene rings is 1. The fraction of sp³-hybridized carbons (Fsp3) is 0.273. The maximum Gasteiger partial charge on any atom is 0.411 e. The molecule has 84 valence electrons. The Morgan fingerprint density at radius 3 is 2.69 bits per heavy atom. The third kappa shape index (κ3) is 3.79. The lowest BCUT2D eigenvalue weighted by Crippen LogP contribution is -2.21. The Morgan fingerprint density at radius 1 is 1.56 bits per heavy atom. The van der Waals surface area contributed by atoms with Crippen molar-refractivity contribution < 1.29 is 9.53 Å². The molecule has 0 fully saturated rings. The molecular weight excluding hydrogens is 228 g/mol. The number of ether oxygens (including phenoxy) is 1. The van der Waals surface area contributed by atoms with Gasteiger partial charge in [-0.3, -0.25) is 5.32 Å². The minimum Gasteiger partial charge on any atom is -0.445 e. The van der Waals surface area contributed by atoms with Gasteiger partial charge in [-0.1, -0.05) is 0 Å². The van der Waals surface area contributed by atoms with Crippen LogP contribution in [0.1, 0.15) is 12.5 Å². The third-order valence-corrected chi connectivity index (χ3v) is 2.22. The zero-order valence-electron chi connectivity index (χ0n) is 8.74. The first-order chi connectivity index (χ1) is 7.65. The molecule has 1 unspecified atom stereocenters. The lowest BCUT2D eigenvalue weighted by atomic mass is 10.2.